The van der Waals surface area contributed by atoms with E-state index in [-0.39, 0.29) is 0 Å². The maximum absolute atomic E-state index is 4.78. The number of piperidine rings is 1. The largest absolute Gasteiger partial charge is 0.300 e. The number of rotatable bonds is 4. The van der Waals surface area contributed by atoms with Crippen LogP contribution < -0.4 is 0 Å². The van der Waals surface area contributed by atoms with Crippen molar-refractivity contribution in [3.05, 3.63) is 78.1 Å². The van der Waals surface area contributed by atoms with E-state index in [0.717, 1.165) is 30.7 Å². The van der Waals surface area contributed by atoms with Crippen molar-refractivity contribution < 1.29 is 0 Å². The molecule has 0 saturated carbocycles. The van der Waals surface area contributed by atoms with E-state index in [2.05, 4.69) is 70.6 Å². The number of hydrogen-bond donors (Lipinski definition) is 0. The summed E-state index contributed by atoms with van der Waals surface area (Å²) >= 11 is 0. The van der Waals surface area contributed by atoms with Crippen molar-refractivity contribution in [1.82, 2.24) is 14.9 Å². The van der Waals surface area contributed by atoms with Crippen LogP contribution in [0.4, 0.5) is 0 Å². The van der Waals surface area contributed by atoms with Crippen LogP contribution in [0, 0.1) is 0 Å². The highest BCUT2D eigenvalue weighted by atomic mass is 15.1. The molecule has 0 amide bonds. The van der Waals surface area contributed by atoms with E-state index in [9.17, 15) is 0 Å². The van der Waals surface area contributed by atoms with E-state index in [1.807, 2.05) is 12.3 Å². The fourth-order valence-corrected chi connectivity index (χ4v) is 3.51. The molecule has 0 N–H and O–H groups in total. The molecule has 1 aliphatic rings. The minimum atomic E-state index is 0.556. The second-order valence-electron chi connectivity index (χ2n) is 6.67. The summed E-state index contributed by atoms with van der Waals surface area (Å²) < 4.78 is 0. The van der Waals surface area contributed by atoms with Gasteiger partial charge in [-0.2, -0.15) is 0 Å². The van der Waals surface area contributed by atoms with Crippen molar-refractivity contribution in [2.75, 3.05) is 19.6 Å². The smallest absolute Gasteiger partial charge is 0.159 e. The summed E-state index contributed by atoms with van der Waals surface area (Å²) in [7, 11) is 0. The summed E-state index contributed by atoms with van der Waals surface area (Å²) in [4.78, 5) is 11.7. The zero-order valence-corrected chi connectivity index (χ0v) is 14.4. The molecular weight excluding hydrogens is 306 g/mol. The van der Waals surface area contributed by atoms with Crippen molar-refractivity contribution in [2.24, 2.45) is 0 Å². The van der Waals surface area contributed by atoms with Gasteiger partial charge in [0.2, 0.25) is 0 Å². The Kier molecular flexibility index (Phi) is 4.84. The molecular formula is C22H23N3. The molecule has 0 aliphatic carbocycles. The van der Waals surface area contributed by atoms with Crippen molar-refractivity contribution in [3.63, 3.8) is 0 Å². The highest BCUT2D eigenvalue weighted by molar-refractivity contribution is 5.74. The third kappa shape index (κ3) is 3.94. The molecule has 1 saturated heterocycles. The fraction of sp³-hybridized carbons (Fsp3) is 0.273. The van der Waals surface area contributed by atoms with E-state index >= 15 is 0 Å². The molecule has 0 radical (unpaired) electrons. The highest BCUT2D eigenvalue weighted by Crippen LogP contribution is 2.27. The molecule has 1 aliphatic heterocycles. The van der Waals surface area contributed by atoms with Gasteiger partial charge in [-0.1, -0.05) is 42.5 Å². The van der Waals surface area contributed by atoms with Gasteiger partial charge in [0.1, 0.15) is 0 Å². The molecule has 3 heterocycles. The van der Waals surface area contributed by atoms with Gasteiger partial charge in [0.15, 0.2) is 5.65 Å². The van der Waals surface area contributed by atoms with Gasteiger partial charge < -0.3 is 0 Å². The lowest BCUT2D eigenvalue weighted by atomic mass is 9.93. The Morgan fingerprint density at radius 2 is 1.80 bits per heavy atom. The average molecular weight is 329 g/mol. The topological polar surface area (TPSA) is 29.0 Å². The molecule has 0 bridgehead atoms. The normalized spacial score (nSPS) is 16.6. The van der Waals surface area contributed by atoms with Crippen LogP contribution in [0.15, 0.2) is 66.9 Å². The Bertz CT molecular complexity index is 849. The molecule has 0 spiro atoms. The Morgan fingerprint density at radius 1 is 0.960 bits per heavy atom. The van der Waals surface area contributed by atoms with E-state index < -0.39 is 0 Å². The van der Waals surface area contributed by atoms with E-state index in [1.165, 1.54) is 24.1 Å². The predicted molar refractivity (Wildman–Crippen MR) is 103 cm³/mol. The summed E-state index contributed by atoms with van der Waals surface area (Å²) in [5, 5.41) is 1.12. The first-order chi connectivity index (χ1) is 12.4. The Hall–Kier alpha value is -2.52. The number of aromatic nitrogens is 2. The van der Waals surface area contributed by atoms with Crippen molar-refractivity contribution in [2.45, 2.75) is 18.8 Å². The zero-order chi connectivity index (χ0) is 16.9. The van der Waals surface area contributed by atoms with Gasteiger partial charge >= 0.3 is 0 Å². The SMILES string of the molecule is C(=C\c1ccccc1)/CN1CCC(c2ccc3cccnc3n2)CC1. The summed E-state index contributed by atoms with van der Waals surface area (Å²) in [6, 6.07) is 18.9. The van der Waals surface area contributed by atoms with E-state index in [0.29, 0.717) is 5.92 Å². The lowest BCUT2D eigenvalue weighted by molar-refractivity contribution is 0.231. The molecule has 1 aromatic carbocycles. The number of nitrogens with zero attached hydrogens (tertiary/aromatic N) is 3. The third-order valence-corrected chi connectivity index (χ3v) is 4.96. The number of hydrogen-bond acceptors (Lipinski definition) is 3. The van der Waals surface area contributed by atoms with Gasteiger partial charge in [0.25, 0.3) is 0 Å². The van der Waals surface area contributed by atoms with Crippen molar-refractivity contribution in [3.8, 4) is 0 Å². The molecule has 4 rings (SSSR count). The first-order valence-electron chi connectivity index (χ1n) is 9.04. The van der Waals surface area contributed by atoms with Crippen LogP contribution in [0.2, 0.25) is 0 Å². The van der Waals surface area contributed by atoms with Crippen LogP contribution in [0.25, 0.3) is 17.1 Å². The fourth-order valence-electron chi connectivity index (χ4n) is 3.51. The number of pyridine rings is 2. The predicted octanol–water partition coefficient (Wildman–Crippen LogP) is 4.52. The quantitative estimate of drug-likeness (QED) is 0.704. The summed E-state index contributed by atoms with van der Waals surface area (Å²) in [6.07, 6.45) is 8.65. The van der Waals surface area contributed by atoms with Crippen LogP contribution in [0.5, 0.6) is 0 Å². The average Bonchev–Trinajstić information content (AvgIpc) is 2.69. The maximum Gasteiger partial charge on any atom is 0.159 e. The second-order valence-corrected chi connectivity index (χ2v) is 6.67. The molecule has 1 fully saturated rings. The lowest BCUT2D eigenvalue weighted by Gasteiger charge is -2.30. The Balaban J connectivity index is 1.33. The molecule has 0 atom stereocenters. The first kappa shape index (κ1) is 16.0. The summed E-state index contributed by atoms with van der Waals surface area (Å²) in [6.45, 7) is 3.28. The molecule has 3 aromatic rings. The van der Waals surface area contributed by atoms with Gasteiger partial charge in [-0.05, 0) is 55.8 Å². The maximum atomic E-state index is 4.78. The Labute approximate surface area is 149 Å². The van der Waals surface area contributed by atoms with E-state index in [4.69, 9.17) is 4.98 Å². The van der Waals surface area contributed by atoms with E-state index in [1.54, 1.807) is 0 Å². The minimum Gasteiger partial charge on any atom is -0.300 e. The lowest BCUT2D eigenvalue weighted by Crippen LogP contribution is -2.33. The van der Waals surface area contributed by atoms with Crippen LogP contribution in [0.1, 0.15) is 30.0 Å². The Morgan fingerprint density at radius 3 is 2.64 bits per heavy atom. The molecule has 25 heavy (non-hydrogen) atoms. The van der Waals surface area contributed by atoms with Gasteiger partial charge in [0.05, 0.1) is 0 Å². The van der Waals surface area contributed by atoms with Gasteiger partial charge in [-0.25, -0.2) is 9.97 Å². The minimum absolute atomic E-state index is 0.556. The highest BCUT2D eigenvalue weighted by Gasteiger charge is 2.21. The summed E-state index contributed by atoms with van der Waals surface area (Å²) in [5.74, 6) is 0.556. The van der Waals surface area contributed by atoms with Gasteiger partial charge in [0, 0.05) is 29.7 Å². The van der Waals surface area contributed by atoms with Gasteiger partial charge in [-0.3, -0.25) is 4.90 Å². The molecule has 3 nitrogen and oxygen atoms in total. The number of benzene rings is 1. The molecule has 3 heteroatoms. The number of likely N-dealkylation sites (tertiary alicyclic amines) is 1. The van der Waals surface area contributed by atoms with Crippen LogP contribution in [-0.4, -0.2) is 34.5 Å². The van der Waals surface area contributed by atoms with Gasteiger partial charge in [-0.15, -0.1) is 0 Å². The standard InChI is InChI=1S/C22H23N3/c1-2-6-18(7-3-1)8-5-15-25-16-12-19(13-17-25)21-11-10-20-9-4-14-23-22(20)24-21/h1-11,14,19H,12-13,15-17H2/b8-5+. The van der Waals surface area contributed by atoms with Crippen molar-refractivity contribution in [1.29, 1.82) is 0 Å². The number of fused-ring (bicyclic) bond motifs is 1. The molecule has 126 valence electrons. The molecule has 2 aromatic heterocycles. The third-order valence-electron chi connectivity index (χ3n) is 4.96. The monoisotopic (exact) mass is 329 g/mol. The molecule has 0 unspecified atom stereocenters. The first-order valence-corrected chi connectivity index (χ1v) is 9.04. The van der Waals surface area contributed by atoms with Crippen LogP contribution >= 0.6 is 0 Å². The van der Waals surface area contributed by atoms with Crippen LogP contribution in [0.3, 0.4) is 0 Å². The zero-order valence-electron chi connectivity index (χ0n) is 14.4. The van der Waals surface area contributed by atoms with Crippen molar-refractivity contribution >= 4 is 17.1 Å². The van der Waals surface area contributed by atoms with Crippen LogP contribution in [-0.2, 0) is 0 Å². The second kappa shape index (κ2) is 7.58. The summed E-state index contributed by atoms with van der Waals surface area (Å²) in [5.41, 5.74) is 3.34.